The number of rotatable bonds is 7. The Labute approximate surface area is 162 Å². The Balaban J connectivity index is 2.09. The molecule has 0 radical (unpaired) electrons. The van der Waals surface area contributed by atoms with Gasteiger partial charge in [0.25, 0.3) is 5.91 Å². The van der Waals surface area contributed by atoms with Crippen LogP contribution in [0.2, 0.25) is 5.02 Å². The van der Waals surface area contributed by atoms with Crippen molar-refractivity contribution in [3.8, 4) is 5.75 Å². The standard InChI is InChI=1S/C18H18ClNO6S/c1-3-27(23,24)16-7-5-4-6-13(16)18(22)26-11-17(21)20-14-10-12(19)8-9-15(14)25-2/h4-10H,3,11H2,1-2H3,(H,20,21). The quantitative estimate of drug-likeness (QED) is 0.703. The van der Waals surface area contributed by atoms with Crippen LogP contribution in [0, 0.1) is 0 Å². The molecule has 0 saturated carbocycles. The Morgan fingerprint density at radius 2 is 1.85 bits per heavy atom. The topological polar surface area (TPSA) is 98.8 Å². The average molecular weight is 412 g/mol. The Bertz CT molecular complexity index is 958. The van der Waals surface area contributed by atoms with Crippen molar-refractivity contribution in [3.05, 3.63) is 53.1 Å². The minimum absolute atomic E-state index is 0.118. The van der Waals surface area contributed by atoms with Gasteiger partial charge in [-0.1, -0.05) is 30.7 Å². The summed E-state index contributed by atoms with van der Waals surface area (Å²) in [6.45, 7) is 0.873. The molecule has 7 nitrogen and oxygen atoms in total. The molecule has 2 aromatic carbocycles. The maximum Gasteiger partial charge on any atom is 0.339 e. The third-order valence-corrected chi connectivity index (χ3v) is 5.61. The predicted octanol–water partition coefficient (Wildman–Crippen LogP) is 2.94. The number of hydrogen-bond donors (Lipinski definition) is 1. The zero-order valence-electron chi connectivity index (χ0n) is 14.7. The summed E-state index contributed by atoms with van der Waals surface area (Å²) < 4.78 is 34.3. The average Bonchev–Trinajstić information content (AvgIpc) is 2.66. The van der Waals surface area contributed by atoms with Crippen molar-refractivity contribution < 1.29 is 27.5 Å². The molecule has 0 atom stereocenters. The fourth-order valence-electron chi connectivity index (χ4n) is 2.24. The van der Waals surface area contributed by atoms with Gasteiger partial charge in [-0.2, -0.15) is 0 Å². The zero-order valence-corrected chi connectivity index (χ0v) is 16.3. The van der Waals surface area contributed by atoms with Crippen LogP contribution in [0.1, 0.15) is 17.3 Å². The number of anilines is 1. The van der Waals surface area contributed by atoms with E-state index in [1.54, 1.807) is 12.1 Å². The molecule has 2 rings (SSSR count). The van der Waals surface area contributed by atoms with Crippen LogP contribution in [0.15, 0.2) is 47.4 Å². The van der Waals surface area contributed by atoms with Gasteiger partial charge in [0.1, 0.15) is 5.75 Å². The summed E-state index contributed by atoms with van der Waals surface area (Å²) in [6, 6.07) is 10.4. The Hall–Kier alpha value is -2.58. The van der Waals surface area contributed by atoms with E-state index in [1.165, 1.54) is 44.4 Å². The van der Waals surface area contributed by atoms with Gasteiger partial charge >= 0.3 is 5.97 Å². The lowest BCUT2D eigenvalue weighted by molar-refractivity contribution is -0.119. The fourth-order valence-corrected chi connectivity index (χ4v) is 3.49. The van der Waals surface area contributed by atoms with Gasteiger partial charge in [0, 0.05) is 5.02 Å². The summed E-state index contributed by atoms with van der Waals surface area (Å²) in [7, 11) is -2.17. The van der Waals surface area contributed by atoms with Gasteiger partial charge in [0.05, 0.1) is 29.0 Å². The highest BCUT2D eigenvalue weighted by molar-refractivity contribution is 7.91. The molecular weight excluding hydrogens is 394 g/mol. The van der Waals surface area contributed by atoms with Crippen LogP contribution in [0.5, 0.6) is 5.75 Å². The van der Waals surface area contributed by atoms with Gasteiger partial charge in [0.15, 0.2) is 16.4 Å². The largest absolute Gasteiger partial charge is 0.495 e. The molecule has 0 aliphatic rings. The number of carbonyl (C=O) groups is 2. The molecule has 0 fully saturated rings. The van der Waals surface area contributed by atoms with E-state index < -0.39 is 28.3 Å². The number of methoxy groups -OCH3 is 1. The Morgan fingerprint density at radius 1 is 1.15 bits per heavy atom. The fraction of sp³-hybridized carbons (Fsp3) is 0.222. The van der Waals surface area contributed by atoms with E-state index in [0.29, 0.717) is 16.5 Å². The van der Waals surface area contributed by atoms with Gasteiger partial charge in [0.2, 0.25) is 0 Å². The molecule has 0 aromatic heterocycles. The Kier molecular flexibility index (Phi) is 6.81. The van der Waals surface area contributed by atoms with E-state index in [-0.39, 0.29) is 16.2 Å². The van der Waals surface area contributed by atoms with Crippen molar-refractivity contribution in [2.45, 2.75) is 11.8 Å². The molecule has 2 aromatic rings. The minimum Gasteiger partial charge on any atom is -0.495 e. The lowest BCUT2D eigenvalue weighted by Gasteiger charge is -2.12. The molecule has 0 saturated heterocycles. The first kappa shape index (κ1) is 20.7. The molecule has 1 N–H and O–H groups in total. The first-order valence-corrected chi connectivity index (χ1v) is 9.93. The van der Waals surface area contributed by atoms with E-state index in [9.17, 15) is 18.0 Å². The van der Waals surface area contributed by atoms with E-state index >= 15 is 0 Å². The molecule has 1 amide bonds. The van der Waals surface area contributed by atoms with E-state index in [4.69, 9.17) is 21.1 Å². The number of esters is 1. The number of ether oxygens (including phenoxy) is 2. The lowest BCUT2D eigenvalue weighted by Crippen LogP contribution is -2.22. The highest BCUT2D eigenvalue weighted by Crippen LogP contribution is 2.27. The number of amides is 1. The van der Waals surface area contributed by atoms with Crippen molar-refractivity contribution >= 4 is 39.0 Å². The number of benzene rings is 2. The van der Waals surface area contributed by atoms with Crippen molar-refractivity contribution in [1.82, 2.24) is 0 Å². The molecule has 0 aliphatic heterocycles. The van der Waals surface area contributed by atoms with Crippen LogP contribution < -0.4 is 10.1 Å². The molecule has 9 heteroatoms. The maximum absolute atomic E-state index is 12.2. The highest BCUT2D eigenvalue weighted by Gasteiger charge is 2.22. The third-order valence-electron chi connectivity index (χ3n) is 3.59. The molecule has 0 bridgehead atoms. The van der Waals surface area contributed by atoms with Crippen LogP contribution in [0.25, 0.3) is 0 Å². The molecule has 0 heterocycles. The van der Waals surface area contributed by atoms with Crippen molar-refractivity contribution in [3.63, 3.8) is 0 Å². The molecule has 27 heavy (non-hydrogen) atoms. The van der Waals surface area contributed by atoms with Crippen LogP contribution in [-0.4, -0.2) is 39.8 Å². The predicted molar refractivity (Wildman–Crippen MR) is 101 cm³/mol. The van der Waals surface area contributed by atoms with Crippen molar-refractivity contribution in [2.24, 2.45) is 0 Å². The van der Waals surface area contributed by atoms with Crippen LogP contribution in [-0.2, 0) is 19.4 Å². The second-order valence-corrected chi connectivity index (χ2v) is 8.05. The summed E-state index contributed by atoms with van der Waals surface area (Å²) in [5.41, 5.74) is 0.201. The first-order chi connectivity index (χ1) is 12.8. The summed E-state index contributed by atoms with van der Waals surface area (Å²) in [5, 5.41) is 2.91. The van der Waals surface area contributed by atoms with Gasteiger partial charge in [-0.15, -0.1) is 0 Å². The third kappa shape index (κ3) is 5.21. The summed E-state index contributed by atoms with van der Waals surface area (Å²) in [6.07, 6.45) is 0. The molecule has 144 valence electrons. The number of hydrogen-bond acceptors (Lipinski definition) is 6. The number of sulfone groups is 1. The SMILES string of the molecule is CCS(=O)(=O)c1ccccc1C(=O)OCC(=O)Nc1cc(Cl)ccc1OC. The Morgan fingerprint density at radius 3 is 2.52 bits per heavy atom. The molecule has 0 spiro atoms. The lowest BCUT2D eigenvalue weighted by atomic mass is 10.2. The second-order valence-electron chi connectivity index (χ2n) is 5.37. The number of halogens is 1. The first-order valence-electron chi connectivity index (χ1n) is 7.90. The highest BCUT2D eigenvalue weighted by atomic mass is 35.5. The van der Waals surface area contributed by atoms with E-state index in [2.05, 4.69) is 5.32 Å². The van der Waals surface area contributed by atoms with Gasteiger partial charge in [-0.05, 0) is 30.3 Å². The van der Waals surface area contributed by atoms with Crippen LogP contribution in [0.3, 0.4) is 0 Å². The van der Waals surface area contributed by atoms with E-state index in [0.717, 1.165) is 0 Å². The normalized spacial score (nSPS) is 10.9. The molecule has 0 unspecified atom stereocenters. The monoisotopic (exact) mass is 411 g/mol. The van der Waals surface area contributed by atoms with E-state index in [1.807, 2.05) is 0 Å². The van der Waals surface area contributed by atoms with Gasteiger partial charge in [-0.25, -0.2) is 13.2 Å². The number of carbonyl (C=O) groups excluding carboxylic acids is 2. The number of nitrogens with one attached hydrogen (secondary N) is 1. The van der Waals surface area contributed by atoms with Crippen molar-refractivity contribution in [1.29, 1.82) is 0 Å². The van der Waals surface area contributed by atoms with Crippen LogP contribution >= 0.6 is 11.6 Å². The van der Waals surface area contributed by atoms with Crippen LogP contribution in [0.4, 0.5) is 5.69 Å². The minimum atomic E-state index is -3.61. The summed E-state index contributed by atoms with van der Waals surface area (Å²) in [4.78, 5) is 24.2. The van der Waals surface area contributed by atoms with Gasteiger partial charge in [-0.3, -0.25) is 4.79 Å². The zero-order chi connectivity index (χ0) is 20.0. The summed E-state index contributed by atoms with van der Waals surface area (Å²) in [5.74, 6) is -1.30. The van der Waals surface area contributed by atoms with Crippen molar-refractivity contribution in [2.75, 3.05) is 24.8 Å². The smallest absolute Gasteiger partial charge is 0.339 e. The maximum atomic E-state index is 12.2. The second kappa shape index (κ2) is 8.88. The summed E-state index contributed by atoms with van der Waals surface area (Å²) >= 11 is 5.89. The molecule has 0 aliphatic carbocycles. The van der Waals surface area contributed by atoms with Gasteiger partial charge < -0.3 is 14.8 Å². The molecular formula is C18H18ClNO6S.